The normalized spacial score (nSPS) is 12.2. The maximum atomic E-state index is 13.1. The molecule has 0 saturated carbocycles. The van der Waals surface area contributed by atoms with Gasteiger partial charge in [-0.05, 0) is 137 Å². The first-order valence-electron chi connectivity index (χ1n) is 37.4. The van der Waals surface area contributed by atoms with Crippen LogP contribution in [-0.4, -0.2) is 141 Å². The molecular weight excluding hydrogens is 1850 g/mol. The average Bonchev–Trinajstić information content (AvgIpc) is 0.813. The number of hydrogen-bond acceptors (Lipinski definition) is 33. The van der Waals surface area contributed by atoms with Gasteiger partial charge in [-0.1, -0.05) is 54.6 Å². The summed E-state index contributed by atoms with van der Waals surface area (Å²) >= 11 is 0. The zero-order valence-electron chi connectivity index (χ0n) is 68.2. The van der Waals surface area contributed by atoms with Crippen LogP contribution < -0.4 is 43.0 Å². The maximum absolute atomic E-state index is 13.1. The van der Waals surface area contributed by atoms with Gasteiger partial charge in [0, 0.05) is 54.1 Å². The number of nitrogens with one attached hydrogen (secondary N) is 8. The molecule has 10 N–H and O–H groups in total. The lowest BCUT2D eigenvalue weighted by Crippen LogP contribution is -2.32. The van der Waals surface area contributed by atoms with Crippen molar-refractivity contribution in [1.82, 2.24) is 99.7 Å². The number of hydrogen-bond donors (Lipinski definition) is 10. The molecule has 12 aromatic heterocycles. The Bertz CT molecular complexity index is 6140. The Morgan fingerprint density at radius 3 is 0.836 bits per heavy atom. The Morgan fingerprint density at radius 1 is 0.291 bits per heavy atom. The van der Waals surface area contributed by atoms with Gasteiger partial charge in [0.05, 0.1) is 18.8 Å². The van der Waals surface area contributed by atoms with Gasteiger partial charge < -0.3 is 36.8 Å². The first-order chi connectivity index (χ1) is 62.6. The number of halogens is 24. The Labute approximate surface area is 736 Å². The highest BCUT2D eigenvalue weighted by molar-refractivity contribution is 5.64. The molecule has 13 aromatic rings. The fourth-order valence-corrected chi connectivity index (χ4v) is 9.85. The third-order valence-electron chi connectivity index (χ3n) is 15.8. The zero-order chi connectivity index (χ0) is 98.0. The Kier molecular flexibility index (Phi) is 31.7. The van der Waals surface area contributed by atoms with Crippen LogP contribution >= 0.6 is 0 Å². The molecule has 0 radical (unpaired) electrons. The lowest BCUT2D eigenvalue weighted by Gasteiger charge is -2.22. The SMILES string of the molecule is CC(C)(CO)ONc1nc(Nc2ccnc(C(F)(F)F)c2)nc(-c2cccc(C(F)(F)F)n2)n1.CC(C)(O)CONc1nc(Nc2ccnc(C(F)(F)F)c2)nc(-c2cccc(C(F)(F)F)n2)n1.CCNc1nc(Nc2ccnc(C(F)(F)F)c2)nc(-c2cccc(C(F)(F)F)n2)n1.FC(F)(F)c1cc(Nc2nc(NOCc3ccccc3)nc(-c3cccc(C(F)(F)F)n3)n2)ccn1. The van der Waals surface area contributed by atoms with Gasteiger partial charge in [-0.3, -0.25) is 34.4 Å². The summed E-state index contributed by atoms with van der Waals surface area (Å²) in [6, 6.07) is 29.3. The van der Waals surface area contributed by atoms with Gasteiger partial charge in [0.2, 0.25) is 29.7 Å². The lowest BCUT2D eigenvalue weighted by atomic mass is 10.2. The third kappa shape index (κ3) is 30.8. The van der Waals surface area contributed by atoms with Gasteiger partial charge in [0.25, 0.3) is 17.8 Å². The summed E-state index contributed by atoms with van der Waals surface area (Å²) in [4.78, 5) is 90.6. The van der Waals surface area contributed by atoms with Gasteiger partial charge in [-0.15, -0.1) is 0 Å². The molecule has 12 heterocycles. The predicted octanol–water partition coefficient (Wildman–Crippen LogP) is 18.6. The quantitative estimate of drug-likeness (QED) is 0.0178. The number of rotatable bonds is 26. The van der Waals surface area contributed by atoms with Gasteiger partial charge in [0.15, 0.2) is 23.3 Å². The van der Waals surface area contributed by atoms with Gasteiger partial charge >= 0.3 is 49.4 Å². The molecule has 708 valence electrons. The molecule has 1 aromatic carbocycles. The van der Waals surface area contributed by atoms with Crippen molar-refractivity contribution in [2.75, 3.05) is 62.8 Å². The summed E-state index contributed by atoms with van der Waals surface area (Å²) in [6.45, 7) is 7.52. The molecule has 0 spiro atoms. The second-order valence-electron chi connectivity index (χ2n) is 27.8. The predicted molar refractivity (Wildman–Crippen MR) is 423 cm³/mol. The van der Waals surface area contributed by atoms with Crippen LogP contribution in [0.15, 0.2) is 176 Å². The first-order valence-corrected chi connectivity index (χ1v) is 37.4. The highest BCUT2D eigenvalue weighted by Crippen LogP contribution is 2.38. The molecule has 33 nitrogen and oxygen atoms in total. The summed E-state index contributed by atoms with van der Waals surface area (Å²) in [7, 11) is 0. The molecule has 0 unspecified atom stereocenters. The molecule has 0 amide bonds. The molecule has 0 aliphatic heterocycles. The van der Waals surface area contributed by atoms with E-state index in [1.807, 2.05) is 6.07 Å². The molecule has 0 aliphatic carbocycles. The fourth-order valence-electron chi connectivity index (χ4n) is 9.85. The van der Waals surface area contributed by atoms with E-state index < -0.39 is 113 Å². The van der Waals surface area contributed by atoms with Crippen molar-refractivity contribution in [3.63, 3.8) is 0 Å². The number of aliphatic hydroxyl groups is 2. The van der Waals surface area contributed by atoms with Crippen LogP contribution in [0, 0.1) is 0 Å². The molecule has 0 bridgehead atoms. The molecule has 0 atom stereocenters. The molecule has 57 heteroatoms. The molecule has 13 rings (SSSR count). The zero-order valence-corrected chi connectivity index (χ0v) is 68.2. The van der Waals surface area contributed by atoms with Crippen molar-refractivity contribution in [2.45, 2.75) is 102 Å². The van der Waals surface area contributed by atoms with E-state index in [0.717, 1.165) is 91.0 Å². The molecule has 134 heavy (non-hydrogen) atoms. The van der Waals surface area contributed by atoms with Crippen molar-refractivity contribution in [3.05, 3.63) is 228 Å². The van der Waals surface area contributed by atoms with Crippen molar-refractivity contribution >= 4 is 70.3 Å². The van der Waals surface area contributed by atoms with Crippen molar-refractivity contribution in [3.8, 4) is 46.1 Å². The molecule has 0 aliphatic rings. The van der Waals surface area contributed by atoms with Crippen LogP contribution in [0.5, 0.6) is 0 Å². The van der Waals surface area contributed by atoms with Crippen LogP contribution in [0.25, 0.3) is 46.1 Å². The largest absolute Gasteiger partial charge is 0.433 e. The third-order valence-corrected chi connectivity index (χ3v) is 15.8. The monoisotopic (exact) mass is 1910 g/mol. The van der Waals surface area contributed by atoms with Gasteiger partial charge in [-0.25, -0.2) is 36.4 Å². The second kappa shape index (κ2) is 42.0. The number of anilines is 12. The molecular formula is C77H62F24N28O5. The van der Waals surface area contributed by atoms with Crippen LogP contribution in [-0.2, 0) is 70.5 Å². The maximum Gasteiger partial charge on any atom is 0.433 e. The van der Waals surface area contributed by atoms with Crippen molar-refractivity contribution in [2.24, 2.45) is 0 Å². The van der Waals surface area contributed by atoms with E-state index in [0.29, 0.717) is 18.7 Å². The Hall–Kier alpha value is -15.0. The number of nitrogens with zero attached hydrogens (tertiary/aromatic N) is 20. The van der Waals surface area contributed by atoms with E-state index in [1.165, 1.54) is 76.2 Å². The van der Waals surface area contributed by atoms with E-state index in [4.69, 9.17) is 14.5 Å². The smallest absolute Gasteiger partial charge is 0.393 e. The number of benzene rings is 1. The first kappa shape index (κ1) is 101. The minimum Gasteiger partial charge on any atom is -0.393 e. The van der Waals surface area contributed by atoms with Crippen LogP contribution in [0.4, 0.5) is 176 Å². The van der Waals surface area contributed by atoms with E-state index in [-0.39, 0.29) is 130 Å². The van der Waals surface area contributed by atoms with Gasteiger partial charge in [0.1, 0.15) is 80.5 Å². The minimum atomic E-state index is -4.73. The van der Waals surface area contributed by atoms with Crippen LogP contribution in [0.1, 0.15) is 85.7 Å². The molecule has 0 saturated heterocycles. The summed E-state index contributed by atoms with van der Waals surface area (Å²) in [5.74, 6) is -3.07. The van der Waals surface area contributed by atoms with E-state index in [2.05, 4.69) is 143 Å². The summed E-state index contributed by atoms with van der Waals surface area (Å²) in [5, 5.41) is 32.0. The van der Waals surface area contributed by atoms with Crippen LogP contribution in [0.2, 0.25) is 0 Å². The van der Waals surface area contributed by atoms with Crippen molar-refractivity contribution < 1.29 is 130 Å². The van der Waals surface area contributed by atoms with Gasteiger partial charge in [-0.2, -0.15) is 165 Å². The topological polar surface area (TPSA) is 422 Å². The van der Waals surface area contributed by atoms with E-state index in [9.17, 15) is 116 Å². The summed E-state index contributed by atoms with van der Waals surface area (Å²) < 4.78 is 312. The summed E-state index contributed by atoms with van der Waals surface area (Å²) in [5.41, 5.74) is -5.04. The highest BCUT2D eigenvalue weighted by Gasteiger charge is 2.40. The molecule has 0 fully saturated rings. The van der Waals surface area contributed by atoms with E-state index >= 15 is 0 Å². The fraction of sp³-hybridized carbons (Fsp3) is 0.247. The second-order valence-corrected chi connectivity index (χ2v) is 27.8. The highest BCUT2D eigenvalue weighted by atomic mass is 19.4. The average molecular weight is 1920 g/mol. The van der Waals surface area contributed by atoms with Crippen molar-refractivity contribution in [1.29, 1.82) is 0 Å². The number of aliphatic hydroxyl groups excluding tert-OH is 1. The number of aromatic nitrogens is 20. The standard InChI is InChI=1S/C22H15F6N7O.2C19H17F6N7O2.C17H13F6N7/c23-21(24,25)16-8-4-7-15(31-16)18-32-19(30-14-9-10-29-17(11-14)22(26,27)28)34-20(33-18)35-36-12-13-5-2-1-3-6-13;1-17(2,33)9-34-32-16-30-14(11-4-3-5-12(28-11)18(20,21)22)29-15(31-16)27-10-6-7-26-13(8-10)19(23,24)25;1-17(2,9-33)34-32-16-30-14(11-4-3-5-12(28-11)18(20,21)22)29-15(31-16)27-10-6-7-26-13(8-10)19(23,24)25;1-2-24-14-28-13(10-4-3-5-11(27-10)16(18,19)20)29-15(30-14)26-9-6-7-25-12(8-9)17(21,22)23/h1-11H,12H2,(H2,29,30,32,33,34,35);2*3-8,33H,9H2,1-2H3,(H2,26,27,29,30,31,32);3-8H,2H2,1H3,(H2,24,25,26,28,29,30). The minimum absolute atomic E-state index is 0.00862. The number of alkyl halides is 24. The van der Waals surface area contributed by atoms with E-state index in [1.54, 1.807) is 31.2 Å². The summed E-state index contributed by atoms with van der Waals surface area (Å²) in [6.07, 6.45) is -33.9. The Morgan fingerprint density at radius 2 is 0.560 bits per heavy atom. The lowest BCUT2D eigenvalue weighted by molar-refractivity contribution is -0.141. The Balaban J connectivity index is 0.000000185. The van der Waals surface area contributed by atoms with Crippen LogP contribution in [0.3, 0.4) is 0 Å². The number of pyridine rings is 8.